The summed E-state index contributed by atoms with van der Waals surface area (Å²) in [6.07, 6.45) is 3.32. The van der Waals surface area contributed by atoms with Crippen molar-refractivity contribution in [3.63, 3.8) is 0 Å². The first-order valence-electron chi connectivity index (χ1n) is 8.50. The summed E-state index contributed by atoms with van der Waals surface area (Å²) in [5.74, 6) is 0.883. The average Bonchev–Trinajstić information content (AvgIpc) is 3.21. The molecule has 0 aromatic carbocycles. The van der Waals surface area contributed by atoms with Crippen molar-refractivity contribution in [2.45, 2.75) is 50.9 Å². The molecule has 1 aromatic rings. The Morgan fingerprint density at radius 1 is 1.50 bits per heavy atom. The second-order valence-electron chi connectivity index (χ2n) is 6.21. The van der Waals surface area contributed by atoms with E-state index in [1.165, 1.54) is 11.8 Å². The molecule has 2 heterocycles. The molecule has 9 heteroatoms. The fourth-order valence-electron chi connectivity index (χ4n) is 2.26. The van der Waals surface area contributed by atoms with Crippen LogP contribution in [0.4, 0.5) is 0 Å². The molecule has 1 fully saturated rings. The molecular weight excluding hydrogens is 330 g/mol. The Balaban J connectivity index is 1.59. The maximum absolute atomic E-state index is 11.8. The summed E-state index contributed by atoms with van der Waals surface area (Å²) in [7, 11) is 0. The molecule has 8 nitrogen and oxygen atoms in total. The summed E-state index contributed by atoms with van der Waals surface area (Å²) < 4.78 is 12.8. The normalized spacial score (nSPS) is 17.5. The summed E-state index contributed by atoms with van der Waals surface area (Å²) in [5, 5.41) is 15.1. The molecule has 1 aromatic heterocycles. The molecular formula is C15H27N5O3S. The molecule has 1 atom stereocenters. The van der Waals surface area contributed by atoms with Gasteiger partial charge in [0.25, 0.3) is 0 Å². The van der Waals surface area contributed by atoms with Gasteiger partial charge >= 0.3 is 0 Å². The van der Waals surface area contributed by atoms with Gasteiger partial charge in [-0.25, -0.2) is 4.68 Å². The van der Waals surface area contributed by atoms with Gasteiger partial charge in [-0.15, -0.1) is 5.10 Å². The third-order valence-corrected chi connectivity index (χ3v) is 4.60. The quantitative estimate of drug-likeness (QED) is 0.469. The van der Waals surface area contributed by atoms with Gasteiger partial charge in [0.05, 0.1) is 25.0 Å². The molecule has 0 saturated carbocycles. The second kappa shape index (κ2) is 10.6. The lowest BCUT2D eigenvalue weighted by Crippen LogP contribution is -2.29. The molecule has 136 valence electrons. The van der Waals surface area contributed by atoms with Crippen molar-refractivity contribution in [2.75, 3.05) is 32.1 Å². The highest BCUT2D eigenvalue weighted by atomic mass is 32.2. The lowest BCUT2D eigenvalue weighted by molar-refractivity contribution is -0.118. The lowest BCUT2D eigenvalue weighted by Gasteiger charge is -2.10. The molecule has 1 amide bonds. The predicted molar refractivity (Wildman–Crippen MR) is 90.8 cm³/mol. The van der Waals surface area contributed by atoms with E-state index in [0.717, 1.165) is 32.5 Å². The summed E-state index contributed by atoms with van der Waals surface area (Å²) in [4.78, 5) is 11.8. The monoisotopic (exact) mass is 357 g/mol. The van der Waals surface area contributed by atoms with Crippen molar-refractivity contribution >= 4 is 17.7 Å². The van der Waals surface area contributed by atoms with Crippen LogP contribution in [-0.2, 0) is 20.8 Å². The summed E-state index contributed by atoms with van der Waals surface area (Å²) in [5.41, 5.74) is 0. The zero-order chi connectivity index (χ0) is 17.2. The molecule has 1 unspecified atom stereocenters. The zero-order valence-corrected chi connectivity index (χ0v) is 15.3. The van der Waals surface area contributed by atoms with Crippen LogP contribution >= 0.6 is 11.8 Å². The molecule has 0 radical (unpaired) electrons. The Morgan fingerprint density at radius 3 is 3.12 bits per heavy atom. The van der Waals surface area contributed by atoms with E-state index in [9.17, 15) is 4.79 Å². The van der Waals surface area contributed by atoms with Crippen molar-refractivity contribution in [2.24, 2.45) is 5.92 Å². The van der Waals surface area contributed by atoms with Crippen LogP contribution in [0, 0.1) is 5.92 Å². The van der Waals surface area contributed by atoms with E-state index in [0.29, 0.717) is 30.8 Å². The number of rotatable bonds is 11. The van der Waals surface area contributed by atoms with Crippen LogP contribution in [-0.4, -0.2) is 64.3 Å². The maximum Gasteiger partial charge on any atom is 0.230 e. The molecule has 2 rings (SSSR count). The number of carbonyl (C=O) groups excluding carboxylic acids is 1. The first-order chi connectivity index (χ1) is 11.6. The number of tetrazole rings is 1. The van der Waals surface area contributed by atoms with Crippen molar-refractivity contribution < 1.29 is 14.3 Å². The van der Waals surface area contributed by atoms with Crippen LogP contribution in [0.3, 0.4) is 0 Å². The molecule has 1 aliphatic heterocycles. The number of hydrogen-bond acceptors (Lipinski definition) is 7. The van der Waals surface area contributed by atoms with Crippen LogP contribution in [0.5, 0.6) is 0 Å². The zero-order valence-electron chi connectivity index (χ0n) is 14.4. The van der Waals surface area contributed by atoms with E-state index < -0.39 is 0 Å². The van der Waals surface area contributed by atoms with Crippen molar-refractivity contribution in [1.82, 2.24) is 25.5 Å². The van der Waals surface area contributed by atoms with Gasteiger partial charge in [-0.1, -0.05) is 25.6 Å². The lowest BCUT2D eigenvalue weighted by atomic mass is 10.1. The average molecular weight is 357 g/mol. The molecule has 24 heavy (non-hydrogen) atoms. The highest BCUT2D eigenvalue weighted by Crippen LogP contribution is 2.18. The van der Waals surface area contributed by atoms with Gasteiger partial charge in [0.2, 0.25) is 11.1 Å². The SMILES string of the molecule is CC(C)CCOCCNC(=O)CSc1nnnn1CC1CCCO1. The Morgan fingerprint density at radius 2 is 2.38 bits per heavy atom. The molecule has 0 aliphatic carbocycles. The van der Waals surface area contributed by atoms with E-state index in [2.05, 4.69) is 34.7 Å². The summed E-state index contributed by atoms with van der Waals surface area (Å²) in [6.45, 7) is 7.57. The van der Waals surface area contributed by atoms with Gasteiger partial charge in [-0.3, -0.25) is 4.79 Å². The molecule has 1 saturated heterocycles. The van der Waals surface area contributed by atoms with Gasteiger partial charge in [-0.05, 0) is 35.6 Å². The van der Waals surface area contributed by atoms with Gasteiger partial charge in [0.15, 0.2) is 0 Å². The van der Waals surface area contributed by atoms with Crippen LogP contribution in [0.1, 0.15) is 33.1 Å². The van der Waals surface area contributed by atoms with E-state index in [4.69, 9.17) is 9.47 Å². The number of nitrogens with one attached hydrogen (secondary N) is 1. The van der Waals surface area contributed by atoms with Crippen LogP contribution < -0.4 is 5.32 Å². The number of nitrogens with zero attached hydrogens (tertiary/aromatic N) is 4. The van der Waals surface area contributed by atoms with E-state index in [-0.39, 0.29) is 17.8 Å². The van der Waals surface area contributed by atoms with E-state index in [1.54, 1.807) is 4.68 Å². The van der Waals surface area contributed by atoms with Crippen molar-refractivity contribution in [3.05, 3.63) is 0 Å². The Kier molecular flexibility index (Phi) is 8.48. The summed E-state index contributed by atoms with van der Waals surface area (Å²) >= 11 is 1.34. The Labute approximate surface area is 147 Å². The van der Waals surface area contributed by atoms with Gasteiger partial charge < -0.3 is 14.8 Å². The van der Waals surface area contributed by atoms with E-state index >= 15 is 0 Å². The smallest absolute Gasteiger partial charge is 0.230 e. The first kappa shape index (κ1) is 19.1. The number of hydrogen-bond donors (Lipinski definition) is 1. The Hall–Kier alpha value is -1.19. The molecule has 1 N–H and O–H groups in total. The maximum atomic E-state index is 11.8. The standard InChI is InChI=1S/C15H27N5O3S/c1-12(2)5-8-22-9-6-16-14(21)11-24-15-17-18-19-20(15)10-13-4-3-7-23-13/h12-13H,3-11H2,1-2H3,(H,16,21). The third kappa shape index (κ3) is 7.14. The topological polar surface area (TPSA) is 91.2 Å². The molecule has 1 aliphatic rings. The molecule has 0 spiro atoms. The van der Waals surface area contributed by atoms with E-state index in [1.807, 2.05) is 0 Å². The van der Waals surface area contributed by atoms with Gasteiger partial charge in [-0.2, -0.15) is 0 Å². The molecule has 0 bridgehead atoms. The number of thioether (sulfide) groups is 1. The highest BCUT2D eigenvalue weighted by Gasteiger charge is 2.19. The van der Waals surface area contributed by atoms with Crippen molar-refractivity contribution in [1.29, 1.82) is 0 Å². The van der Waals surface area contributed by atoms with Crippen LogP contribution in [0.25, 0.3) is 0 Å². The van der Waals surface area contributed by atoms with Crippen LogP contribution in [0.2, 0.25) is 0 Å². The summed E-state index contributed by atoms with van der Waals surface area (Å²) in [6, 6.07) is 0. The van der Waals surface area contributed by atoms with Crippen molar-refractivity contribution in [3.8, 4) is 0 Å². The second-order valence-corrected chi connectivity index (χ2v) is 7.15. The third-order valence-electron chi connectivity index (χ3n) is 3.64. The number of ether oxygens (including phenoxy) is 2. The minimum Gasteiger partial charge on any atom is -0.380 e. The number of aromatic nitrogens is 4. The number of carbonyl (C=O) groups is 1. The van der Waals surface area contributed by atoms with Gasteiger partial charge in [0.1, 0.15) is 0 Å². The van der Waals surface area contributed by atoms with Crippen LogP contribution in [0.15, 0.2) is 5.16 Å². The number of amides is 1. The Bertz CT molecular complexity index is 491. The fourth-order valence-corrected chi connectivity index (χ4v) is 2.98. The highest BCUT2D eigenvalue weighted by molar-refractivity contribution is 7.99. The minimum absolute atomic E-state index is 0.0425. The minimum atomic E-state index is -0.0425. The first-order valence-corrected chi connectivity index (χ1v) is 9.48. The largest absolute Gasteiger partial charge is 0.380 e. The van der Waals surface area contributed by atoms with Gasteiger partial charge in [0, 0.05) is 19.8 Å². The fraction of sp³-hybridized carbons (Fsp3) is 0.867. The predicted octanol–water partition coefficient (Wildman–Crippen LogP) is 1.12.